The molecule has 2 aromatic rings. The molecule has 1 fully saturated rings. The zero-order valence-electron chi connectivity index (χ0n) is 11.9. The summed E-state index contributed by atoms with van der Waals surface area (Å²) in [7, 11) is 0. The normalized spacial score (nSPS) is 21.0. The molecule has 0 aliphatic heterocycles. The Hall–Kier alpha value is -1.75. The van der Waals surface area contributed by atoms with Crippen molar-refractivity contribution < 1.29 is 9.90 Å². The summed E-state index contributed by atoms with van der Waals surface area (Å²) in [5, 5.41) is 9.70. The van der Waals surface area contributed by atoms with Crippen molar-refractivity contribution in [3.63, 3.8) is 0 Å². The van der Waals surface area contributed by atoms with Crippen LogP contribution in [0.15, 0.2) is 41.7 Å². The topological polar surface area (TPSA) is 55.1 Å². The van der Waals surface area contributed by atoms with E-state index in [0.717, 1.165) is 35.2 Å². The fourth-order valence-electron chi connectivity index (χ4n) is 2.82. The highest BCUT2D eigenvalue weighted by Crippen LogP contribution is 2.42. The van der Waals surface area contributed by atoms with E-state index < -0.39 is 5.97 Å². The lowest BCUT2D eigenvalue weighted by molar-refractivity contribution is -0.133. The van der Waals surface area contributed by atoms with Crippen LogP contribution in [0.4, 0.5) is 0 Å². The molecule has 0 radical (unpaired) electrons. The van der Waals surface area contributed by atoms with Crippen LogP contribution in [0.3, 0.4) is 0 Å². The van der Waals surface area contributed by atoms with Gasteiger partial charge in [0.2, 0.25) is 0 Å². The first-order valence-electron chi connectivity index (χ1n) is 7.12. The number of imidazole rings is 1. The van der Waals surface area contributed by atoms with Gasteiger partial charge in [0.25, 0.3) is 0 Å². The van der Waals surface area contributed by atoms with Gasteiger partial charge in [-0.15, -0.1) is 0 Å². The van der Waals surface area contributed by atoms with Crippen LogP contribution in [0.1, 0.15) is 25.8 Å². The Morgan fingerprint density at radius 1 is 1.38 bits per heavy atom. The molecule has 1 N–H and O–H groups in total. The molecule has 1 heterocycles. The highest BCUT2D eigenvalue weighted by Gasteiger charge is 2.30. The Kier molecular flexibility index (Phi) is 4.01. The van der Waals surface area contributed by atoms with Gasteiger partial charge in [0.1, 0.15) is 0 Å². The van der Waals surface area contributed by atoms with Gasteiger partial charge in [-0.1, -0.05) is 49.0 Å². The Balaban J connectivity index is 1.94. The number of hydrogen-bond acceptors (Lipinski definition) is 3. The van der Waals surface area contributed by atoms with Crippen LogP contribution in [-0.2, 0) is 4.79 Å². The van der Waals surface area contributed by atoms with Gasteiger partial charge < -0.3 is 9.67 Å². The maximum atomic E-state index is 10.8. The smallest absolute Gasteiger partial charge is 0.313 e. The number of thioether (sulfide) groups is 1. The quantitative estimate of drug-likeness (QED) is 0.856. The van der Waals surface area contributed by atoms with Crippen molar-refractivity contribution in [2.45, 2.75) is 31.0 Å². The average Bonchev–Trinajstić information content (AvgIpc) is 2.86. The fraction of sp³-hybridized carbons (Fsp3) is 0.375. The summed E-state index contributed by atoms with van der Waals surface area (Å²) in [5.41, 5.74) is 2.21. The second-order valence-corrected chi connectivity index (χ2v) is 6.52. The molecule has 0 bridgehead atoms. The molecule has 21 heavy (non-hydrogen) atoms. The molecule has 0 spiro atoms. The van der Waals surface area contributed by atoms with E-state index in [4.69, 9.17) is 5.11 Å². The van der Waals surface area contributed by atoms with E-state index >= 15 is 0 Å². The number of aliphatic carboxylic acids is 1. The Morgan fingerprint density at radius 3 is 2.71 bits per heavy atom. The highest BCUT2D eigenvalue weighted by atomic mass is 32.2. The molecule has 1 aromatic carbocycles. The Morgan fingerprint density at radius 2 is 2.10 bits per heavy atom. The van der Waals surface area contributed by atoms with Gasteiger partial charge in [-0.2, -0.15) is 0 Å². The molecule has 110 valence electrons. The Bertz CT molecular complexity index is 633. The molecule has 1 aliphatic rings. The summed E-state index contributed by atoms with van der Waals surface area (Å²) in [5.74, 6) is -0.0239. The lowest BCUT2D eigenvalue weighted by Gasteiger charge is -2.35. The summed E-state index contributed by atoms with van der Waals surface area (Å²) < 4.78 is 2.23. The highest BCUT2D eigenvalue weighted by molar-refractivity contribution is 7.99. The van der Waals surface area contributed by atoms with Crippen LogP contribution >= 0.6 is 11.8 Å². The number of nitrogens with zero attached hydrogens (tertiary/aromatic N) is 2. The largest absolute Gasteiger partial charge is 0.481 e. The summed E-state index contributed by atoms with van der Waals surface area (Å²) in [6, 6.07) is 10.6. The lowest BCUT2D eigenvalue weighted by atomic mass is 9.81. The molecular weight excluding hydrogens is 284 g/mol. The van der Waals surface area contributed by atoms with Crippen molar-refractivity contribution in [3.8, 4) is 11.3 Å². The molecule has 0 unspecified atom stereocenters. The number of hydrogen-bond donors (Lipinski definition) is 1. The van der Waals surface area contributed by atoms with E-state index in [9.17, 15) is 4.79 Å². The third-order valence-electron chi connectivity index (χ3n) is 3.87. The van der Waals surface area contributed by atoms with E-state index in [2.05, 4.69) is 28.6 Å². The van der Waals surface area contributed by atoms with Crippen molar-refractivity contribution in [3.05, 3.63) is 36.5 Å². The first-order valence-corrected chi connectivity index (χ1v) is 8.11. The van der Waals surface area contributed by atoms with Crippen LogP contribution in [-0.4, -0.2) is 26.4 Å². The van der Waals surface area contributed by atoms with Gasteiger partial charge in [-0.25, -0.2) is 4.98 Å². The minimum atomic E-state index is -0.808. The monoisotopic (exact) mass is 302 g/mol. The van der Waals surface area contributed by atoms with Crippen molar-refractivity contribution in [1.29, 1.82) is 0 Å². The van der Waals surface area contributed by atoms with Crippen LogP contribution in [0.25, 0.3) is 11.3 Å². The number of benzene rings is 1. The first-order chi connectivity index (χ1) is 10.1. The maximum absolute atomic E-state index is 10.8. The van der Waals surface area contributed by atoms with Crippen molar-refractivity contribution in [2.24, 2.45) is 5.92 Å². The zero-order valence-corrected chi connectivity index (χ0v) is 12.7. The van der Waals surface area contributed by atoms with E-state index in [1.165, 1.54) is 11.8 Å². The molecule has 4 nitrogen and oxygen atoms in total. The molecule has 1 saturated carbocycles. The second kappa shape index (κ2) is 5.93. The SMILES string of the molecule is CC1CC(n2c(-c3ccccc3)cnc2SCC(=O)O)C1. The van der Waals surface area contributed by atoms with Crippen LogP contribution in [0.2, 0.25) is 0 Å². The molecule has 1 aliphatic carbocycles. The number of aromatic nitrogens is 2. The van der Waals surface area contributed by atoms with Gasteiger partial charge in [-0.05, 0) is 24.3 Å². The van der Waals surface area contributed by atoms with E-state index in [0.29, 0.717) is 6.04 Å². The standard InChI is InChI=1S/C16H18N2O2S/c1-11-7-13(8-11)18-14(12-5-3-2-4-6-12)9-17-16(18)21-10-15(19)20/h2-6,9,11,13H,7-8,10H2,1H3,(H,19,20). The molecular formula is C16H18N2O2S. The van der Waals surface area contributed by atoms with E-state index in [1.54, 1.807) is 0 Å². The van der Waals surface area contributed by atoms with E-state index in [-0.39, 0.29) is 5.75 Å². The number of rotatable bonds is 5. The third-order valence-corrected chi connectivity index (χ3v) is 4.82. The van der Waals surface area contributed by atoms with Gasteiger partial charge >= 0.3 is 5.97 Å². The maximum Gasteiger partial charge on any atom is 0.313 e. The molecule has 0 atom stereocenters. The Labute approximate surface area is 128 Å². The van der Waals surface area contributed by atoms with Crippen molar-refractivity contribution in [2.75, 3.05) is 5.75 Å². The molecule has 0 saturated heterocycles. The minimum absolute atomic E-state index is 0.0491. The average molecular weight is 302 g/mol. The third kappa shape index (κ3) is 2.97. The molecule has 0 amide bonds. The predicted molar refractivity (Wildman–Crippen MR) is 83.5 cm³/mol. The van der Waals surface area contributed by atoms with Gasteiger partial charge in [0, 0.05) is 6.04 Å². The summed E-state index contributed by atoms with van der Waals surface area (Å²) >= 11 is 1.30. The lowest BCUT2D eigenvalue weighted by Crippen LogP contribution is -2.25. The number of carbonyl (C=O) groups is 1. The van der Waals surface area contributed by atoms with Crippen LogP contribution in [0.5, 0.6) is 0 Å². The van der Waals surface area contributed by atoms with Gasteiger partial charge in [0.15, 0.2) is 5.16 Å². The van der Waals surface area contributed by atoms with Crippen molar-refractivity contribution >= 4 is 17.7 Å². The molecule has 3 rings (SSSR count). The van der Waals surface area contributed by atoms with Crippen LogP contribution in [0, 0.1) is 5.92 Å². The predicted octanol–water partition coefficient (Wildman–Crippen LogP) is 3.70. The summed E-state index contributed by atoms with van der Waals surface area (Å²) in [6.07, 6.45) is 4.14. The molecule has 5 heteroatoms. The minimum Gasteiger partial charge on any atom is -0.481 e. The second-order valence-electron chi connectivity index (χ2n) is 5.57. The van der Waals surface area contributed by atoms with Crippen LogP contribution < -0.4 is 0 Å². The summed E-state index contributed by atoms with van der Waals surface area (Å²) in [6.45, 7) is 2.25. The van der Waals surface area contributed by atoms with Gasteiger partial charge in [-0.3, -0.25) is 4.79 Å². The van der Waals surface area contributed by atoms with Gasteiger partial charge in [0.05, 0.1) is 17.6 Å². The van der Waals surface area contributed by atoms with Crippen molar-refractivity contribution in [1.82, 2.24) is 9.55 Å². The van der Waals surface area contributed by atoms with E-state index in [1.807, 2.05) is 24.4 Å². The zero-order chi connectivity index (χ0) is 14.8. The fourth-order valence-corrected chi connectivity index (χ4v) is 3.59. The summed E-state index contributed by atoms with van der Waals surface area (Å²) in [4.78, 5) is 15.3. The number of carboxylic acids is 1. The first kappa shape index (κ1) is 14.2. The molecule has 1 aromatic heterocycles. The number of carboxylic acid groups (broad SMARTS) is 1.